The summed E-state index contributed by atoms with van der Waals surface area (Å²) < 4.78 is 34.2. The molecule has 17 unspecified atom stereocenters. The Labute approximate surface area is 540 Å². The van der Waals surface area contributed by atoms with Gasteiger partial charge >= 0.3 is 0 Å². The van der Waals surface area contributed by atoms with Crippen LogP contribution in [0.2, 0.25) is 0 Å². The maximum absolute atomic E-state index is 13.3. The number of allylic oxidation sites excluding steroid dienone is 11. The van der Waals surface area contributed by atoms with E-state index < -0.39 is 124 Å². The molecule has 0 radical (unpaired) electrons. The maximum atomic E-state index is 13.3. The first-order valence-corrected chi connectivity index (χ1v) is 35.2. The predicted octanol–water partition coefficient (Wildman–Crippen LogP) is 9.33. The number of hydrogen-bond donors (Lipinski definition) is 12. The summed E-state index contributed by atoms with van der Waals surface area (Å²) in [4.78, 5) is 13.3. The molecule has 522 valence electrons. The zero-order valence-corrected chi connectivity index (χ0v) is 55.1. The van der Waals surface area contributed by atoms with E-state index in [2.05, 4.69) is 79.9 Å². The van der Waals surface area contributed by atoms with E-state index in [1.54, 1.807) is 6.08 Å². The fourth-order valence-corrected chi connectivity index (χ4v) is 11.6. The van der Waals surface area contributed by atoms with Crippen LogP contribution >= 0.6 is 0 Å². The Balaban J connectivity index is 1.27. The number of aliphatic hydroxyl groups is 11. The molecule has 3 heterocycles. The Hall–Kier alpha value is -2.77. The molecule has 3 saturated heterocycles. The third kappa shape index (κ3) is 34.1. The fraction of sp³-hybridized carbons (Fsp3) is 0.817. The van der Waals surface area contributed by atoms with E-state index in [1.165, 1.54) is 128 Å². The Morgan fingerprint density at radius 2 is 0.767 bits per heavy atom. The standard InChI is InChI=1S/C71H125NO18/c1-3-5-7-9-11-13-14-15-16-17-18-19-20-21-22-23-24-25-26-27-28-29-30-31-32-33-34-35-36-37-38-39-40-41-43-45-47-49-59(77)72-54(55(76)48-46-44-42-12-10-8-6-4-2)53-85-69-65(83)62(80)67(57(51-74)87-69)90-71-66(84)63(81)68(58(52-75)88-71)89-70-64(82)61(79)60(78)56(50-73)86-70/h5,7,11,13,15-16,18-19,21-22,46,48,54-58,60-71,73-76,78-84H,3-4,6,8-10,12,14,17,20,23-45,47,49-53H2,1-2H3,(H,72,77)/b7-5-,13-11-,16-15-,19-18-,22-21-,48-46+. The van der Waals surface area contributed by atoms with E-state index in [0.29, 0.717) is 6.42 Å². The molecule has 12 N–H and O–H groups in total. The summed E-state index contributed by atoms with van der Waals surface area (Å²) in [5, 5.41) is 120. The highest BCUT2D eigenvalue weighted by Crippen LogP contribution is 2.33. The number of aliphatic hydroxyl groups excluding tert-OH is 11. The maximum Gasteiger partial charge on any atom is 0.220 e. The molecule has 0 spiro atoms. The predicted molar refractivity (Wildman–Crippen MR) is 351 cm³/mol. The molecule has 3 fully saturated rings. The van der Waals surface area contributed by atoms with Gasteiger partial charge in [0.2, 0.25) is 5.91 Å². The lowest BCUT2D eigenvalue weighted by Gasteiger charge is -2.48. The minimum atomic E-state index is -1.98. The summed E-state index contributed by atoms with van der Waals surface area (Å²) in [5.74, 6) is -0.278. The van der Waals surface area contributed by atoms with Crippen molar-refractivity contribution < 1.29 is 89.4 Å². The van der Waals surface area contributed by atoms with Crippen molar-refractivity contribution in [2.24, 2.45) is 0 Å². The quantitative estimate of drug-likeness (QED) is 0.0199. The summed E-state index contributed by atoms with van der Waals surface area (Å²) in [5.41, 5.74) is 0. The lowest BCUT2D eigenvalue weighted by molar-refractivity contribution is -0.379. The van der Waals surface area contributed by atoms with Gasteiger partial charge in [-0.3, -0.25) is 4.79 Å². The van der Waals surface area contributed by atoms with Crippen LogP contribution in [0.4, 0.5) is 0 Å². The number of amides is 1. The van der Waals surface area contributed by atoms with Crippen LogP contribution in [0.25, 0.3) is 0 Å². The van der Waals surface area contributed by atoms with Crippen molar-refractivity contribution in [3.05, 3.63) is 72.9 Å². The first-order chi connectivity index (χ1) is 43.8. The van der Waals surface area contributed by atoms with E-state index >= 15 is 0 Å². The molecule has 19 nitrogen and oxygen atoms in total. The highest BCUT2D eigenvalue weighted by molar-refractivity contribution is 5.76. The van der Waals surface area contributed by atoms with Crippen molar-refractivity contribution in [2.75, 3.05) is 26.4 Å². The topological polar surface area (TPSA) is 307 Å². The van der Waals surface area contributed by atoms with Crippen LogP contribution in [0.1, 0.15) is 239 Å². The van der Waals surface area contributed by atoms with Crippen molar-refractivity contribution in [3.63, 3.8) is 0 Å². The SMILES string of the molecule is CC/C=C\C/C=C\C/C=C\C/C=C\C/C=C\CCCCCCCCCCCCCCCCCCCCCCCC(=O)NC(COC1OC(CO)C(OC2OC(CO)C(OC3OC(CO)C(O)C(O)C3O)C(O)C2O)C(O)C1O)C(O)/C=C/CCCCCCCC. The molecule has 1 amide bonds. The third-order valence-corrected chi connectivity index (χ3v) is 17.3. The highest BCUT2D eigenvalue weighted by atomic mass is 16.8. The second-order valence-corrected chi connectivity index (χ2v) is 25.0. The van der Waals surface area contributed by atoms with Crippen molar-refractivity contribution in [1.82, 2.24) is 5.32 Å². The van der Waals surface area contributed by atoms with Crippen LogP contribution in [0.3, 0.4) is 0 Å². The van der Waals surface area contributed by atoms with E-state index in [4.69, 9.17) is 28.4 Å². The number of nitrogens with one attached hydrogen (secondary N) is 1. The first kappa shape index (κ1) is 81.5. The van der Waals surface area contributed by atoms with Gasteiger partial charge in [-0.15, -0.1) is 0 Å². The van der Waals surface area contributed by atoms with E-state index in [9.17, 15) is 61.0 Å². The van der Waals surface area contributed by atoms with Crippen LogP contribution in [-0.2, 0) is 33.2 Å². The van der Waals surface area contributed by atoms with Crippen LogP contribution in [0, 0.1) is 0 Å². The number of carbonyl (C=O) groups excluding carboxylic acids is 1. The average Bonchev–Trinajstić information content (AvgIpc) is 0.847. The molecule has 0 aliphatic carbocycles. The van der Waals surface area contributed by atoms with Gasteiger partial charge in [0.15, 0.2) is 18.9 Å². The van der Waals surface area contributed by atoms with Gasteiger partial charge in [0, 0.05) is 6.42 Å². The van der Waals surface area contributed by atoms with Gasteiger partial charge in [0.25, 0.3) is 0 Å². The second kappa shape index (κ2) is 52.5. The normalized spacial score (nSPS) is 28.5. The lowest BCUT2D eigenvalue weighted by Crippen LogP contribution is -2.66. The molecule has 3 rings (SSSR count). The smallest absolute Gasteiger partial charge is 0.220 e. The molecule has 17 atom stereocenters. The van der Waals surface area contributed by atoms with Crippen LogP contribution < -0.4 is 5.32 Å². The molecule has 3 aliphatic heterocycles. The molecule has 19 heteroatoms. The zero-order chi connectivity index (χ0) is 65.4. The van der Waals surface area contributed by atoms with Gasteiger partial charge in [-0.1, -0.05) is 241 Å². The molecule has 90 heavy (non-hydrogen) atoms. The number of ether oxygens (including phenoxy) is 6. The van der Waals surface area contributed by atoms with Crippen LogP contribution in [-0.4, -0.2) is 193 Å². The van der Waals surface area contributed by atoms with Gasteiger partial charge in [-0.05, 0) is 64.2 Å². The van der Waals surface area contributed by atoms with Crippen molar-refractivity contribution >= 4 is 5.91 Å². The van der Waals surface area contributed by atoms with Crippen molar-refractivity contribution in [3.8, 4) is 0 Å². The molecule has 3 aliphatic rings. The van der Waals surface area contributed by atoms with Gasteiger partial charge in [0.1, 0.15) is 73.2 Å². The van der Waals surface area contributed by atoms with Gasteiger partial charge < -0.3 is 89.9 Å². The summed E-state index contributed by atoms with van der Waals surface area (Å²) in [6, 6.07) is -0.971. The molecule has 0 bridgehead atoms. The Morgan fingerprint density at radius 3 is 1.20 bits per heavy atom. The lowest BCUT2D eigenvalue weighted by atomic mass is 9.96. The summed E-state index contributed by atoms with van der Waals surface area (Å²) in [6.45, 7) is 1.56. The number of carbonyl (C=O) groups is 1. The van der Waals surface area contributed by atoms with Crippen LogP contribution in [0.5, 0.6) is 0 Å². The summed E-state index contributed by atoms with van der Waals surface area (Å²) >= 11 is 0. The number of unbranched alkanes of at least 4 members (excludes halogenated alkanes) is 27. The van der Waals surface area contributed by atoms with E-state index in [0.717, 1.165) is 83.5 Å². The van der Waals surface area contributed by atoms with Crippen LogP contribution in [0.15, 0.2) is 72.9 Å². The first-order valence-electron chi connectivity index (χ1n) is 35.2. The van der Waals surface area contributed by atoms with E-state index in [1.807, 2.05) is 6.08 Å². The minimum Gasteiger partial charge on any atom is -0.394 e. The molecule has 0 aromatic rings. The fourth-order valence-electron chi connectivity index (χ4n) is 11.6. The summed E-state index contributed by atoms with van der Waals surface area (Å²) in [7, 11) is 0. The Kier molecular flexibility index (Phi) is 47.5. The van der Waals surface area contributed by atoms with Crippen molar-refractivity contribution in [1.29, 1.82) is 0 Å². The molecular formula is C71H125NO18. The summed E-state index contributed by atoms with van der Waals surface area (Å²) in [6.07, 6.45) is 39.5. The van der Waals surface area contributed by atoms with E-state index in [-0.39, 0.29) is 18.9 Å². The van der Waals surface area contributed by atoms with Gasteiger partial charge in [-0.2, -0.15) is 0 Å². The molecule has 0 aromatic carbocycles. The largest absolute Gasteiger partial charge is 0.394 e. The Bertz CT molecular complexity index is 1920. The Morgan fingerprint density at radius 1 is 0.411 bits per heavy atom. The molecular weight excluding hydrogens is 1150 g/mol. The monoisotopic (exact) mass is 1280 g/mol. The number of rotatable bonds is 53. The highest BCUT2D eigenvalue weighted by Gasteiger charge is 2.53. The zero-order valence-electron chi connectivity index (χ0n) is 55.1. The second-order valence-electron chi connectivity index (χ2n) is 25.0. The number of hydrogen-bond acceptors (Lipinski definition) is 18. The van der Waals surface area contributed by atoms with Crippen molar-refractivity contribution in [2.45, 2.75) is 343 Å². The minimum absolute atomic E-state index is 0.243. The average molecular weight is 1280 g/mol. The third-order valence-electron chi connectivity index (χ3n) is 17.3. The van der Waals surface area contributed by atoms with Gasteiger partial charge in [0.05, 0.1) is 38.6 Å². The van der Waals surface area contributed by atoms with Gasteiger partial charge in [-0.25, -0.2) is 0 Å². The molecule has 0 aromatic heterocycles. The molecule has 0 saturated carbocycles.